The van der Waals surface area contributed by atoms with Crippen molar-refractivity contribution in [1.29, 1.82) is 0 Å². The van der Waals surface area contributed by atoms with Crippen LogP contribution in [0.2, 0.25) is 5.02 Å². The van der Waals surface area contributed by atoms with Gasteiger partial charge in [0.25, 0.3) is 0 Å². The first-order valence-corrected chi connectivity index (χ1v) is 7.49. The van der Waals surface area contributed by atoms with Crippen molar-refractivity contribution in [3.63, 3.8) is 0 Å². The maximum absolute atomic E-state index is 6.23. The lowest BCUT2D eigenvalue weighted by Gasteiger charge is -2.29. The monoisotopic (exact) mass is 330 g/mol. The first-order valence-electron chi connectivity index (χ1n) is 6.32. The summed E-state index contributed by atoms with van der Waals surface area (Å²) in [7, 11) is 2.17. The SMILES string of the molecule is CN(Cc1cc(Br)ccc1Cl)CC1(C)CCNC1. The molecular formula is C14H20BrClN2. The molecule has 1 fully saturated rings. The van der Waals surface area contributed by atoms with Gasteiger partial charge in [0.15, 0.2) is 0 Å². The zero-order valence-corrected chi connectivity index (χ0v) is 13.3. The van der Waals surface area contributed by atoms with Gasteiger partial charge in [-0.2, -0.15) is 0 Å². The molecule has 0 aromatic heterocycles. The summed E-state index contributed by atoms with van der Waals surface area (Å²) in [5.41, 5.74) is 1.58. The van der Waals surface area contributed by atoms with E-state index in [9.17, 15) is 0 Å². The zero-order valence-electron chi connectivity index (χ0n) is 11.0. The van der Waals surface area contributed by atoms with E-state index in [4.69, 9.17) is 11.6 Å². The second-order valence-electron chi connectivity index (χ2n) is 5.65. The molecule has 0 bridgehead atoms. The Kier molecular flexibility index (Phi) is 4.70. The summed E-state index contributed by atoms with van der Waals surface area (Å²) >= 11 is 9.73. The molecule has 2 nitrogen and oxygen atoms in total. The number of rotatable bonds is 4. The molecule has 1 heterocycles. The number of benzene rings is 1. The van der Waals surface area contributed by atoms with Crippen molar-refractivity contribution in [2.45, 2.75) is 19.9 Å². The first kappa shape index (κ1) is 14.3. The van der Waals surface area contributed by atoms with Crippen LogP contribution < -0.4 is 5.32 Å². The molecule has 0 amide bonds. The second kappa shape index (κ2) is 5.91. The van der Waals surface area contributed by atoms with Crippen LogP contribution in [0.4, 0.5) is 0 Å². The molecule has 0 radical (unpaired) electrons. The molecule has 1 aliphatic heterocycles. The fraction of sp³-hybridized carbons (Fsp3) is 0.571. The Balaban J connectivity index is 1.98. The smallest absolute Gasteiger partial charge is 0.0451 e. The number of nitrogens with one attached hydrogen (secondary N) is 1. The molecule has 1 unspecified atom stereocenters. The average molecular weight is 332 g/mol. The first-order chi connectivity index (χ1) is 8.48. The Hall–Kier alpha value is -0.0900. The van der Waals surface area contributed by atoms with Gasteiger partial charge in [0.05, 0.1) is 0 Å². The highest BCUT2D eigenvalue weighted by Gasteiger charge is 2.29. The van der Waals surface area contributed by atoms with Gasteiger partial charge in [-0.05, 0) is 49.2 Å². The van der Waals surface area contributed by atoms with E-state index >= 15 is 0 Å². The lowest BCUT2D eigenvalue weighted by molar-refractivity contribution is 0.203. The van der Waals surface area contributed by atoms with E-state index in [2.05, 4.69) is 46.2 Å². The van der Waals surface area contributed by atoms with Crippen LogP contribution in [-0.2, 0) is 6.54 Å². The van der Waals surface area contributed by atoms with E-state index < -0.39 is 0 Å². The van der Waals surface area contributed by atoms with E-state index in [0.717, 1.165) is 35.7 Å². The van der Waals surface area contributed by atoms with E-state index in [0.29, 0.717) is 5.41 Å². The number of hydrogen-bond acceptors (Lipinski definition) is 2. The molecule has 0 spiro atoms. The van der Waals surface area contributed by atoms with Crippen LogP contribution in [0.15, 0.2) is 22.7 Å². The molecule has 1 saturated heterocycles. The van der Waals surface area contributed by atoms with Gasteiger partial charge in [-0.25, -0.2) is 0 Å². The van der Waals surface area contributed by atoms with Crippen molar-refractivity contribution in [3.05, 3.63) is 33.3 Å². The minimum Gasteiger partial charge on any atom is -0.316 e. The highest BCUT2D eigenvalue weighted by atomic mass is 79.9. The molecule has 0 aliphatic carbocycles. The Morgan fingerprint density at radius 3 is 2.94 bits per heavy atom. The molecule has 2 rings (SSSR count). The van der Waals surface area contributed by atoms with Crippen LogP contribution in [0.5, 0.6) is 0 Å². The molecule has 1 aromatic carbocycles. The van der Waals surface area contributed by atoms with Gasteiger partial charge in [0, 0.05) is 29.1 Å². The third kappa shape index (κ3) is 3.70. The summed E-state index contributed by atoms with van der Waals surface area (Å²) in [6.45, 7) is 6.61. The van der Waals surface area contributed by atoms with Gasteiger partial charge >= 0.3 is 0 Å². The van der Waals surface area contributed by atoms with E-state index in [-0.39, 0.29) is 0 Å². The minimum atomic E-state index is 0.396. The normalized spacial score (nSPS) is 23.8. The predicted molar refractivity (Wildman–Crippen MR) is 81.1 cm³/mol. The van der Waals surface area contributed by atoms with Crippen molar-refractivity contribution in [3.8, 4) is 0 Å². The maximum atomic E-state index is 6.23. The minimum absolute atomic E-state index is 0.396. The number of halogens is 2. The summed E-state index contributed by atoms with van der Waals surface area (Å²) in [5.74, 6) is 0. The molecule has 1 N–H and O–H groups in total. The summed E-state index contributed by atoms with van der Waals surface area (Å²) < 4.78 is 1.09. The Labute approximate surface area is 123 Å². The predicted octanol–water partition coefficient (Wildman–Crippen LogP) is 3.53. The highest BCUT2D eigenvalue weighted by Crippen LogP contribution is 2.27. The summed E-state index contributed by atoms with van der Waals surface area (Å²) in [4.78, 5) is 2.36. The molecule has 1 atom stereocenters. The zero-order chi connectivity index (χ0) is 13.2. The summed E-state index contributed by atoms with van der Waals surface area (Å²) in [6.07, 6.45) is 1.25. The number of nitrogens with zero attached hydrogens (tertiary/aromatic N) is 1. The van der Waals surface area contributed by atoms with Gasteiger partial charge in [0.1, 0.15) is 0 Å². The lowest BCUT2D eigenvalue weighted by Crippen LogP contribution is -2.34. The average Bonchev–Trinajstić information content (AvgIpc) is 2.70. The largest absolute Gasteiger partial charge is 0.316 e. The molecular weight excluding hydrogens is 312 g/mol. The van der Waals surface area contributed by atoms with Gasteiger partial charge in [-0.15, -0.1) is 0 Å². The molecule has 100 valence electrons. The van der Waals surface area contributed by atoms with Crippen LogP contribution in [0, 0.1) is 5.41 Å². The highest BCUT2D eigenvalue weighted by molar-refractivity contribution is 9.10. The van der Waals surface area contributed by atoms with Gasteiger partial charge in [-0.3, -0.25) is 0 Å². The second-order valence-corrected chi connectivity index (χ2v) is 6.97. The van der Waals surface area contributed by atoms with Crippen molar-refractivity contribution in [2.24, 2.45) is 5.41 Å². The third-order valence-electron chi connectivity index (χ3n) is 3.56. The topological polar surface area (TPSA) is 15.3 Å². The molecule has 1 aliphatic rings. The maximum Gasteiger partial charge on any atom is 0.0451 e. The van der Waals surface area contributed by atoms with Crippen molar-refractivity contribution in [2.75, 3.05) is 26.7 Å². The molecule has 4 heteroatoms. The van der Waals surface area contributed by atoms with Crippen LogP contribution in [0.3, 0.4) is 0 Å². The van der Waals surface area contributed by atoms with Crippen molar-refractivity contribution >= 4 is 27.5 Å². The van der Waals surface area contributed by atoms with Crippen molar-refractivity contribution < 1.29 is 0 Å². The molecule has 18 heavy (non-hydrogen) atoms. The summed E-state index contributed by atoms with van der Waals surface area (Å²) in [6, 6.07) is 6.04. The Morgan fingerprint density at radius 2 is 2.28 bits per heavy atom. The Bertz CT molecular complexity index is 416. The van der Waals surface area contributed by atoms with Gasteiger partial charge in [-0.1, -0.05) is 34.5 Å². The van der Waals surface area contributed by atoms with E-state index in [1.807, 2.05) is 12.1 Å². The van der Waals surface area contributed by atoms with Crippen LogP contribution in [0.25, 0.3) is 0 Å². The van der Waals surface area contributed by atoms with Crippen LogP contribution in [-0.4, -0.2) is 31.6 Å². The quantitative estimate of drug-likeness (QED) is 0.908. The van der Waals surface area contributed by atoms with Crippen LogP contribution in [0.1, 0.15) is 18.9 Å². The van der Waals surface area contributed by atoms with E-state index in [1.165, 1.54) is 12.0 Å². The third-order valence-corrected chi connectivity index (χ3v) is 4.42. The summed E-state index contributed by atoms with van der Waals surface area (Å²) in [5, 5.41) is 4.29. The molecule has 1 aromatic rings. The van der Waals surface area contributed by atoms with Gasteiger partial charge in [0.2, 0.25) is 0 Å². The van der Waals surface area contributed by atoms with Gasteiger partial charge < -0.3 is 10.2 Å². The number of hydrogen-bond donors (Lipinski definition) is 1. The van der Waals surface area contributed by atoms with E-state index in [1.54, 1.807) is 0 Å². The standard InChI is InChI=1S/C14H20BrClN2/c1-14(5-6-17-9-14)10-18(2)8-11-7-12(15)3-4-13(11)16/h3-4,7,17H,5-6,8-10H2,1-2H3. The van der Waals surface area contributed by atoms with Crippen molar-refractivity contribution in [1.82, 2.24) is 10.2 Å². The fourth-order valence-corrected chi connectivity index (χ4v) is 3.25. The lowest BCUT2D eigenvalue weighted by atomic mass is 9.89. The molecule has 0 saturated carbocycles. The van der Waals surface area contributed by atoms with Crippen LogP contribution >= 0.6 is 27.5 Å². The fourth-order valence-electron chi connectivity index (χ4n) is 2.67. The Morgan fingerprint density at radius 1 is 1.50 bits per heavy atom.